The second-order valence-electron chi connectivity index (χ2n) is 5.71. The van der Waals surface area contributed by atoms with E-state index in [2.05, 4.69) is 30.2 Å². The molecule has 0 N–H and O–H groups in total. The Bertz CT molecular complexity index is 533. The van der Waals surface area contributed by atoms with Gasteiger partial charge < -0.3 is 0 Å². The highest BCUT2D eigenvalue weighted by Gasteiger charge is 2.21. The molecule has 0 unspecified atom stereocenters. The molecular formula is C16H22N2. The van der Waals surface area contributed by atoms with Crippen LogP contribution in [0.25, 0.3) is 10.9 Å². The number of aryl methyl sites for hydroxylation is 1. The fourth-order valence-corrected chi connectivity index (χ4v) is 3.34. The van der Waals surface area contributed by atoms with Gasteiger partial charge in [0.25, 0.3) is 0 Å². The molecule has 1 aliphatic carbocycles. The van der Waals surface area contributed by atoms with Crippen LogP contribution in [0.2, 0.25) is 0 Å². The number of rotatable bonds is 2. The smallest absolute Gasteiger partial charge is 0.0679 e. The van der Waals surface area contributed by atoms with Gasteiger partial charge in [0.1, 0.15) is 0 Å². The van der Waals surface area contributed by atoms with E-state index in [9.17, 15) is 0 Å². The standard InChI is InChI=1S/C16H22N2/c1-3-12-4-6-13(7-5-12)14-8-9-16-15(10-14)11-17-18(16)2/h8-13H,3-7H2,1-2H3. The minimum Gasteiger partial charge on any atom is -0.268 e. The SMILES string of the molecule is CCC1CCC(c2ccc3c(cnn3C)c2)CC1. The first-order chi connectivity index (χ1) is 8.78. The maximum atomic E-state index is 4.32. The van der Waals surface area contributed by atoms with Gasteiger partial charge in [0.15, 0.2) is 0 Å². The normalized spacial score (nSPS) is 24.6. The van der Waals surface area contributed by atoms with Crippen LogP contribution in [0.15, 0.2) is 24.4 Å². The second-order valence-corrected chi connectivity index (χ2v) is 5.71. The second kappa shape index (κ2) is 4.75. The molecule has 0 saturated heterocycles. The van der Waals surface area contributed by atoms with Crippen LogP contribution in [-0.2, 0) is 7.05 Å². The molecule has 1 aromatic heterocycles. The molecule has 2 heteroatoms. The molecule has 2 nitrogen and oxygen atoms in total. The number of hydrogen-bond acceptors (Lipinski definition) is 1. The summed E-state index contributed by atoms with van der Waals surface area (Å²) in [5, 5.41) is 5.61. The van der Waals surface area contributed by atoms with Crippen LogP contribution in [0.3, 0.4) is 0 Å². The highest BCUT2D eigenvalue weighted by atomic mass is 15.2. The van der Waals surface area contributed by atoms with Crippen LogP contribution in [0.1, 0.15) is 50.5 Å². The van der Waals surface area contributed by atoms with Crippen molar-refractivity contribution < 1.29 is 0 Å². The molecule has 2 aromatic rings. The Labute approximate surface area is 109 Å². The van der Waals surface area contributed by atoms with E-state index in [4.69, 9.17) is 0 Å². The zero-order valence-corrected chi connectivity index (χ0v) is 11.4. The first-order valence-corrected chi connectivity index (χ1v) is 7.19. The van der Waals surface area contributed by atoms with E-state index in [-0.39, 0.29) is 0 Å². The quantitative estimate of drug-likeness (QED) is 0.769. The van der Waals surface area contributed by atoms with Gasteiger partial charge >= 0.3 is 0 Å². The van der Waals surface area contributed by atoms with Gasteiger partial charge in [-0.15, -0.1) is 0 Å². The third kappa shape index (κ3) is 2.05. The average molecular weight is 242 g/mol. The van der Waals surface area contributed by atoms with Gasteiger partial charge in [0.2, 0.25) is 0 Å². The minimum atomic E-state index is 0.775. The van der Waals surface area contributed by atoms with E-state index in [0.29, 0.717) is 0 Å². The molecule has 0 bridgehead atoms. The van der Waals surface area contributed by atoms with Gasteiger partial charge in [-0.2, -0.15) is 5.10 Å². The molecule has 1 saturated carbocycles. The minimum absolute atomic E-state index is 0.775. The van der Waals surface area contributed by atoms with Gasteiger partial charge in [0.05, 0.1) is 11.7 Å². The average Bonchev–Trinajstić information content (AvgIpc) is 2.80. The van der Waals surface area contributed by atoms with Crippen LogP contribution < -0.4 is 0 Å². The van der Waals surface area contributed by atoms with Crippen LogP contribution in [0.4, 0.5) is 0 Å². The first kappa shape index (κ1) is 11.8. The molecule has 18 heavy (non-hydrogen) atoms. The van der Waals surface area contributed by atoms with Crippen molar-refractivity contribution in [3.63, 3.8) is 0 Å². The molecule has 0 aliphatic heterocycles. The highest BCUT2D eigenvalue weighted by Crippen LogP contribution is 2.37. The van der Waals surface area contributed by atoms with Crippen LogP contribution in [0.5, 0.6) is 0 Å². The Kier molecular flexibility index (Phi) is 3.11. The van der Waals surface area contributed by atoms with E-state index in [1.54, 1.807) is 0 Å². The van der Waals surface area contributed by atoms with Crippen molar-refractivity contribution in [3.05, 3.63) is 30.0 Å². The van der Waals surface area contributed by atoms with Crippen molar-refractivity contribution in [2.45, 2.75) is 44.9 Å². The zero-order chi connectivity index (χ0) is 12.5. The van der Waals surface area contributed by atoms with Crippen LogP contribution in [-0.4, -0.2) is 9.78 Å². The van der Waals surface area contributed by atoms with Gasteiger partial charge in [-0.1, -0.05) is 19.4 Å². The van der Waals surface area contributed by atoms with Crippen molar-refractivity contribution >= 4 is 10.9 Å². The number of fused-ring (bicyclic) bond motifs is 1. The third-order valence-electron chi connectivity index (χ3n) is 4.67. The Morgan fingerprint density at radius 2 is 2.00 bits per heavy atom. The summed E-state index contributed by atoms with van der Waals surface area (Å²) in [7, 11) is 2.01. The van der Waals surface area contributed by atoms with Crippen molar-refractivity contribution in [1.82, 2.24) is 9.78 Å². The molecule has 1 fully saturated rings. The molecule has 1 heterocycles. The van der Waals surface area contributed by atoms with Crippen LogP contribution in [0, 0.1) is 5.92 Å². The number of nitrogens with zero attached hydrogens (tertiary/aromatic N) is 2. The number of benzene rings is 1. The third-order valence-corrected chi connectivity index (χ3v) is 4.67. The predicted octanol–water partition coefficient (Wildman–Crippen LogP) is 4.26. The molecule has 0 amide bonds. The van der Waals surface area contributed by atoms with Gasteiger partial charge in [-0.25, -0.2) is 0 Å². The summed E-state index contributed by atoms with van der Waals surface area (Å²) in [5.41, 5.74) is 2.76. The van der Waals surface area contributed by atoms with Gasteiger partial charge in [0, 0.05) is 12.4 Å². The summed E-state index contributed by atoms with van der Waals surface area (Å²) in [6, 6.07) is 6.88. The maximum absolute atomic E-state index is 4.32. The predicted molar refractivity (Wildman–Crippen MR) is 75.7 cm³/mol. The lowest BCUT2D eigenvalue weighted by atomic mass is 9.78. The summed E-state index contributed by atoms with van der Waals surface area (Å²) >= 11 is 0. The lowest BCUT2D eigenvalue weighted by Crippen LogP contribution is -2.12. The summed E-state index contributed by atoms with van der Waals surface area (Å²) < 4.78 is 1.95. The van der Waals surface area contributed by atoms with Crippen molar-refractivity contribution in [3.8, 4) is 0 Å². The zero-order valence-electron chi connectivity index (χ0n) is 11.4. The fraction of sp³-hybridized carbons (Fsp3) is 0.562. The van der Waals surface area contributed by atoms with Crippen LogP contribution >= 0.6 is 0 Å². The van der Waals surface area contributed by atoms with E-state index < -0.39 is 0 Å². The highest BCUT2D eigenvalue weighted by molar-refractivity contribution is 5.79. The first-order valence-electron chi connectivity index (χ1n) is 7.19. The molecule has 1 aromatic carbocycles. The van der Waals surface area contributed by atoms with Gasteiger partial charge in [-0.3, -0.25) is 4.68 Å². The summed E-state index contributed by atoms with van der Waals surface area (Å²) in [6.45, 7) is 2.33. The fourth-order valence-electron chi connectivity index (χ4n) is 3.34. The van der Waals surface area contributed by atoms with Crippen molar-refractivity contribution in [1.29, 1.82) is 0 Å². The Morgan fingerprint density at radius 3 is 2.72 bits per heavy atom. The van der Waals surface area contributed by atoms with Crippen molar-refractivity contribution in [2.75, 3.05) is 0 Å². The monoisotopic (exact) mass is 242 g/mol. The molecule has 0 atom stereocenters. The van der Waals surface area contributed by atoms with Gasteiger partial charge in [-0.05, 0) is 55.2 Å². The molecule has 96 valence electrons. The summed E-state index contributed by atoms with van der Waals surface area (Å²) in [5.74, 6) is 1.75. The molecule has 3 rings (SSSR count). The van der Waals surface area contributed by atoms with E-state index in [0.717, 1.165) is 11.8 Å². The molecular weight excluding hydrogens is 220 g/mol. The topological polar surface area (TPSA) is 17.8 Å². The van der Waals surface area contributed by atoms with E-state index >= 15 is 0 Å². The van der Waals surface area contributed by atoms with Crippen molar-refractivity contribution in [2.24, 2.45) is 13.0 Å². The number of hydrogen-bond donors (Lipinski definition) is 0. The summed E-state index contributed by atoms with van der Waals surface area (Å²) in [4.78, 5) is 0. The lowest BCUT2D eigenvalue weighted by Gasteiger charge is -2.28. The Morgan fingerprint density at radius 1 is 1.22 bits per heavy atom. The summed E-state index contributed by atoms with van der Waals surface area (Å²) in [6.07, 6.45) is 8.89. The van der Waals surface area contributed by atoms with E-state index in [1.807, 2.05) is 17.9 Å². The lowest BCUT2D eigenvalue weighted by molar-refractivity contribution is 0.319. The Hall–Kier alpha value is -1.31. The Balaban J connectivity index is 1.82. The number of aromatic nitrogens is 2. The largest absolute Gasteiger partial charge is 0.268 e. The van der Waals surface area contributed by atoms with E-state index in [1.165, 1.54) is 48.6 Å². The molecule has 0 radical (unpaired) electrons. The maximum Gasteiger partial charge on any atom is 0.0679 e. The molecule has 1 aliphatic rings. The molecule has 0 spiro atoms.